The number of fused-ring (bicyclic) bond motifs is 1. The number of nitrogens with one attached hydrogen (secondary N) is 1. The highest BCUT2D eigenvalue weighted by Crippen LogP contribution is 2.30. The molecule has 1 aliphatic heterocycles. The zero-order chi connectivity index (χ0) is 14.8. The Morgan fingerprint density at radius 2 is 2.05 bits per heavy atom. The first-order valence-corrected chi connectivity index (χ1v) is 6.85. The second kappa shape index (κ2) is 5.51. The van der Waals surface area contributed by atoms with Gasteiger partial charge in [0.15, 0.2) is 5.78 Å². The van der Waals surface area contributed by atoms with Crippen LogP contribution < -0.4 is 5.43 Å². The Bertz CT molecular complexity index is 705. The summed E-state index contributed by atoms with van der Waals surface area (Å²) in [4.78, 5) is 26.3. The lowest BCUT2D eigenvalue weighted by Crippen LogP contribution is -2.33. The maximum absolute atomic E-state index is 12.0. The van der Waals surface area contributed by atoms with Crippen LogP contribution in [0.4, 0.5) is 11.4 Å². The highest BCUT2D eigenvalue weighted by molar-refractivity contribution is 7.97. The van der Waals surface area contributed by atoms with E-state index in [9.17, 15) is 14.9 Å². The molecule has 0 spiro atoms. The van der Waals surface area contributed by atoms with Crippen LogP contribution in [0.25, 0.3) is 0 Å². The number of aromatic nitrogens is 1. The molecule has 0 amide bonds. The molecule has 8 heteroatoms. The number of carbonyl (C=O) groups excluding carboxylic acids is 1. The maximum Gasteiger partial charge on any atom is 0.269 e. The molecule has 0 fully saturated rings. The molecule has 1 aromatic carbocycles. The van der Waals surface area contributed by atoms with Crippen molar-refractivity contribution < 1.29 is 9.72 Å². The van der Waals surface area contributed by atoms with Gasteiger partial charge in [-0.05, 0) is 24.3 Å². The second-order valence-electron chi connectivity index (χ2n) is 4.32. The van der Waals surface area contributed by atoms with Crippen LogP contribution in [0.3, 0.4) is 0 Å². The van der Waals surface area contributed by atoms with E-state index in [1.807, 2.05) is 0 Å². The molecule has 2 aromatic rings. The monoisotopic (exact) mass is 302 g/mol. The molecule has 3 rings (SSSR count). The van der Waals surface area contributed by atoms with E-state index in [-0.39, 0.29) is 18.0 Å². The molecule has 0 radical (unpaired) electrons. The van der Waals surface area contributed by atoms with Crippen molar-refractivity contribution in [1.29, 1.82) is 0 Å². The molecule has 21 heavy (non-hydrogen) atoms. The number of hydrogen-bond donors (Lipinski definition) is 1. The fourth-order valence-electron chi connectivity index (χ4n) is 1.89. The predicted molar refractivity (Wildman–Crippen MR) is 77.8 cm³/mol. The van der Waals surface area contributed by atoms with E-state index in [4.69, 9.17) is 0 Å². The summed E-state index contributed by atoms with van der Waals surface area (Å²) in [6, 6.07) is 9.49. The molecule has 1 aromatic heterocycles. The van der Waals surface area contributed by atoms with E-state index in [1.54, 1.807) is 34.9 Å². The lowest BCUT2D eigenvalue weighted by atomic mass is 10.2. The zero-order valence-corrected chi connectivity index (χ0v) is 11.5. The summed E-state index contributed by atoms with van der Waals surface area (Å²) in [6.45, 7) is 0.195. The Morgan fingerprint density at radius 3 is 2.76 bits per heavy atom. The van der Waals surface area contributed by atoms with Crippen molar-refractivity contribution in [1.82, 2.24) is 9.40 Å². The SMILES string of the molecule is O=C1CN(Nc2ccc([N+](=O)[O-])cc2)Sc2ncccc21. The number of anilines is 1. The fourth-order valence-corrected chi connectivity index (χ4v) is 2.82. The van der Waals surface area contributed by atoms with Gasteiger partial charge in [-0.1, -0.05) is 0 Å². The quantitative estimate of drug-likeness (QED) is 0.529. The van der Waals surface area contributed by atoms with Crippen molar-refractivity contribution in [2.75, 3.05) is 12.0 Å². The average Bonchev–Trinajstić information content (AvgIpc) is 2.48. The molecule has 0 saturated heterocycles. The number of hydrogen-bond acceptors (Lipinski definition) is 7. The van der Waals surface area contributed by atoms with E-state index in [2.05, 4.69) is 10.4 Å². The summed E-state index contributed by atoms with van der Waals surface area (Å²) in [7, 11) is 0. The number of benzene rings is 1. The number of hydrazine groups is 1. The smallest absolute Gasteiger partial charge is 0.269 e. The Morgan fingerprint density at radius 1 is 1.29 bits per heavy atom. The van der Waals surface area contributed by atoms with E-state index < -0.39 is 4.92 Å². The highest BCUT2D eigenvalue weighted by atomic mass is 32.2. The van der Waals surface area contributed by atoms with Gasteiger partial charge in [-0.2, -0.15) is 4.41 Å². The van der Waals surface area contributed by atoms with Gasteiger partial charge in [0.2, 0.25) is 0 Å². The Hall–Kier alpha value is -2.45. The molecule has 0 saturated carbocycles. The first kappa shape index (κ1) is 13.5. The van der Waals surface area contributed by atoms with Crippen molar-refractivity contribution in [2.45, 2.75) is 5.03 Å². The summed E-state index contributed by atoms with van der Waals surface area (Å²) >= 11 is 1.32. The number of rotatable bonds is 3. The largest absolute Gasteiger partial charge is 0.309 e. The first-order chi connectivity index (χ1) is 10.1. The molecule has 106 valence electrons. The van der Waals surface area contributed by atoms with Gasteiger partial charge in [0.1, 0.15) is 5.03 Å². The zero-order valence-electron chi connectivity index (χ0n) is 10.7. The molecule has 1 N–H and O–H groups in total. The Kier molecular flexibility index (Phi) is 3.55. The van der Waals surface area contributed by atoms with Gasteiger partial charge in [0.25, 0.3) is 5.69 Å². The molecule has 1 aliphatic rings. The van der Waals surface area contributed by atoms with Crippen molar-refractivity contribution >= 4 is 29.1 Å². The van der Waals surface area contributed by atoms with Crippen molar-refractivity contribution in [3.63, 3.8) is 0 Å². The summed E-state index contributed by atoms with van der Waals surface area (Å²) in [5.41, 5.74) is 4.34. The summed E-state index contributed by atoms with van der Waals surface area (Å²) in [6.07, 6.45) is 1.63. The number of nitrogens with zero attached hydrogens (tertiary/aromatic N) is 3. The molecule has 2 heterocycles. The minimum absolute atomic E-state index is 0.0220. The molecule has 0 unspecified atom stereocenters. The normalized spacial score (nSPS) is 14.6. The van der Waals surface area contributed by atoms with Crippen LogP contribution in [0.1, 0.15) is 10.4 Å². The standard InChI is InChI=1S/C13H10N4O3S/c18-12-8-16(21-13-11(12)2-1-7-14-13)15-9-3-5-10(6-4-9)17(19)20/h1-7,15H,8H2. The number of nitro benzene ring substituents is 1. The third-order valence-electron chi connectivity index (χ3n) is 2.89. The molecule has 7 nitrogen and oxygen atoms in total. The number of Topliss-reactive ketones (excluding diaryl/α,β-unsaturated/α-hetero) is 1. The summed E-state index contributed by atoms with van der Waals surface area (Å²) < 4.78 is 1.65. The number of non-ortho nitro benzene ring substituents is 1. The van der Waals surface area contributed by atoms with Crippen molar-refractivity contribution in [3.8, 4) is 0 Å². The minimum Gasteiger partial charge on any atom is -0.309 e. The third kappa shape index (κ3) is 2.86. The fraction of sp³-hybridized carbons (Fsp3) is 0.0769. The van der Waals surface area contributed by atoms with Crippen LogP contribution in [0, 0.1) is 10.1 Å². The van der Waals surface area contributed by atoms with Crippen LogP contribution in [0.15, 0.2) is 47.6 Å². The van der Waals surface area contributed by atoms with E-state index in [1.165, 1.54) is 24.1 Å². The molecule has 0 aliphatic carbocycles. The highest BCUT2D eigenvalue weighted by Gasteiger charge is 2.25. The lowest BCUT2D eigenvalue weighted by molar-refractivity contribution is -0.384. The molecular weight excluding hydrogens is 292 g/mol. The van der Waals surface area contributed by atoms with Crippen LogP contribution in [-0.2, 0) is 0 Å². The molecule has 0 bridgehead atoms. The minimum atomic E-state index is -0.455. The molecule has 0 atom stereocenters. The average molecular weight is 302 g/mol. The van der Waals surface area contributed by atoms with E-state index >= 15 is 0 Å². The van der Waals surface area contributed by atoms with Gasteiger partial charge >= 0.3 is 0 Å². The Balaban J connectivity index is 1.75. The van der Waals surface area contributed by atoms with Gasteiger partial charge in [-0.3, -0.25) is 14.9 Å². The Labute approximate surface area is 124 Å². The van der Waals surface area contributed by atoms with Gasteiger partial charge in [-0.15, -0.1) is 0 Å². The summed E-state index contributed by atoms with van der Waals surface area (Å²) in [5.74, 6) is -0.0220. The van der Waals surface area contributed by atoms with Crippen LogP contribution in [0.2, 0.25) is 0 Å². The van der Waals surface area contributed by atoms with Gasteiger partial charge in [0.05, 0.1) is 22.7 Å². The maximum atomic E-state index is 12.0. The number of pyridine rings is 1. The van der Waals surface area contributed by atoms with Crippen molar-refractivity contribution in [3.05, 3.63) is 58.3 Å². The second-order valence-corrected chi connectivity index (χ2v) is 5.33. The van der Waals surface area contributed by atoms with Crippen LogP contribution >= 0.6 is 11.9 Å². The van der Waals surface area contributed by atoms with Gasteiger partial charge in [-0.25, -0.2) is 4.98 Å². The predicted octanol–water partition coefficient (Wildman–Crippen LogP) is 2.52. The number of nitro groups is 1. The lowest BCUT2D eigenvalue weighted by Gasteiger charge is -2.26. The number of ketones is 1. The van der Waals surface area contributed by atoms with Gasteiger partial charge in [0, 0.05) is 30.3 Å². The van der Waals surface area contributed by atoms with E-state index in [0.717, 1.165) is 0 Å². The van der Waals surface area contributed by atoms with Gasteiger partial charge < -0.3 is 5.43 Å². The first-order valence-electron chi connectivity index (χ1n) is 6.08. The van der Waals surface area contributed by atoms with Crippen molar-refractivity contribution in [2.24, 2.45) is 0 Å². The van der Waals surface area contributed by atoms with Crippen LogP contribution in [0.5, 0.6) is 0 Å². The number of carbonyl (C=O) groups is 1. The van der Waals surface area contributed by atoms with E-state index in [0.29, 0.717) is 16.3 Å². The summed E-state index contributed by atoms with van der Waals surface area (Å²) in [5, 5.41) is 11.2. The third-order valence-corrected chi connectivity index (χ3v) is 3.83. The topological polar surface area (TPSA) is 88.4 Å². The molecular formula is C13H10N4O3S. The van der Waals surface area contributed by atoms with Crippen LogP contribution in [-0.4, -0.2) is 26.6 Å².